The van der Waals surface area contributed by atoms with E-state index < -0.39 is 4.92 Å². The van der Waals surface area contributed by atoms with Crippen LogP contribution in [0.15, 0.2) is 40.9 Å². The van der Waals surface area contributed by atoms with Crippen LogP contribution in [0.2, 0.25) is 0 Å². The molecule has 0 aliphatic heterocycles. The summed E-state index contributed by atoms with van der Waals surface area (Å²) >= 11 is 6.82. The van der Waals surface area contributed by atoms with Crippen molar-refractivity contribution in [3.05, 3.63) is 62.1 Å². The Labute approximate surface area is 133 Å². The summed E-state index contributed by atoms with van der Waals surface area (Å²) in [6.45, 7) is 1.69. The van der Waals surface area contributed by atoms with Crippen LogP contribution in [0.3, 0.4) is 0 Å². The molecule has 6 heteroatoms. The maximum atomic E-state index is 10.8. The molecule has 0 saturated heterocycles. The Hall–Kier alpha value is -1.40. The van der Waals surface area contributed by atoms with Crippen molar-refractivity contribution in [3.8, 4) is 11.5 Å². The Balaban J connectivity index is 2.31. The molecule has 0 aromatic heterocycles. The van der Waals surface area contributed by atoms with E-state index in [9.17, 15) is 10.1 Å². The van der Waals surface area contributed by atoms with E-state index in [2.05, 4.69) is 31.9 Å². The molecule has 0 radical (unpaired) electrons. The zero-order valence-corrected chi connectivity index (χ0v) is 13.8. The van der Waals surface area contributed by atoms with Crippen molar-refractivity contribution in [1.29, 1.82) is 0 Å². The molecule has 0 aliphatic rings. The van der Waals surface area contributed by atoms with Gasteiger partial charge in [0, 0.05) is 27.0 Å². The van der Waals surface area contributed by atoms with Crippen molar-refractivity contribution in [2.75, 3.05) is 0 Å². The second-order valence-electron chi connectivity index (χ2n) is 4.19. The van der Waals surface area contributed by atoms with Crippen LogP contribution in [0, 0.1) is 17.0 Å². The van der Waals surface area contributed by atoms with Crippen LogP contribution < -0.4 is 4.74 Å². The lowest BCUT2D eigenvalue weighted by Gasteiger charge is -2.10. The molecule has 2 aromatic carbocycles. The first-order valence-electron chi connectivity index (χ1n) is 5.78. The topological polar surface area (TPSA) is 52.4 Å². The van der Waals surface area contributed by atoms with E-state index in [4.69, 9.17) is 4.74 Å². The number of rotatable bonds is 4. The number of nitrogens with zero attached hydrogens (tertiary/aromatic N) is 1. The van der Waals surface area contributed by atoms with Gasteiger partial charge in [-0.15, -0.1) is 0 Å². The molecular formula is C14H11Br2NO3. The second kappa shape index (κ2) is 6.37. The number of hydrogen-bond acceptors (Lipinski definition) is 3. The SMILES string of the molecule is Cc1cc(Oc2ccc(Br)cc2CBr)ccc1[N+](=O)[O-]. The number of benzene rings is 2. The summed E-state index contributed by atoms with van der Waals surface area (Å²) in [6, 6.07) is 10.4. The fraction of sp³-hybridized carbons (Fsp3) is 0.143. The Bertz CT molecular complexity index is 659. The molecule has 0 saturated carbocycles. The molecule has 0 aliphatic carbocycles. The van der Waals surface area contributed by atoms with Gasteiger partial charge in [-0.1, -0.05) is 31.9 Å². The van der Waals surface area contributed by atoms with Crippen LogP contribution in [0.1, 0.15) is 11.1 Å². The maximum absolute atomic E-state index is 10.8. The molecule has 20 heavy (non-hydrogen) atoms. The molecule has 2 aromatic rings. The molecule has 0 bridgehead atoms. The number of alkyl halides is 1. The Kier molecular flexibility index (Phi) is 4.77. The number of halogens is 2. The highest BCUT2D eigenvalue weighted by atomic mass is 79.9. The standard InChI is InChI=1S/C14H11Br2NO3/c1-9-6-12(3-4-13(9)17(18)19)20-14-5-2-11(16)7-10(14)8-15/h2-7H,8H2,1H3. The molecule has 0 atom stereocenters. The smallest absolute Gasteiger partial charge is 0.272 e. The molecule has 0 fully saturated rings. The van der Waals surface area contributed by atoms with Crippen molar-refractivity contribution in [2.45, 2.75) is 12.3 Å². The first-order chi connectivity index (χ1) is 9.51. The molecule has 0 spiro atoms. The van der Waals surface area contributed by atoms with Crippen LogP contribution in [-0.2, 0) is 5.33 Å². The van der Waals surface area contributed by atoms with Crippen LogP contribution in [0.25, 0.3) is 0 Å². The largest absolute Gasteiger partial charge is 0.457 e. The molecule has 4 nitrogen and oxygen atoms in total. The minimum atomic E-state index is -0.400. The van der Waals surface area contributed by atoms with Crippen LogP contribution in [0.4, 0.5) is 5.69 Å². The van der Waals surface area contributed by atoms with Gasteiger partial charge in [-0.25, -0.2) is 0 Å². The highest BCUT2D eigenvalue weighted by Gasteiger charge is 2.12. The van der Waals surface area contributed by atoms with E-state index in [1.165, 1.54) is 6.07 Å². The predicted molar refractivity (Wildman–Crippen MR) is 84.7 cm³/mol. The van der Waals surface area contributed by atoms with Crippen LogP contribution in [-0.4, -0.2) is 4.92 Å². The van der Waals surface area contributed by atoms with E-state index >= 15 is 0 Å². The van der Waals surface area contributed by atoms with Gasteiger partial charge in [-0.2, -0.15) is 0 Å². The molecule has 0 unspecified atom stereocenters. The number of ether oxygens (including phenoxy) is 1. The average molecular weight is 401 g/mol. The van der Waals surface area contributed by atoms with E-state index in [1.807, 2.05) is 18.2 Å². The molecule has 0 amide bonds. The summed E-state index contributed by atoms with van der Waals surface area (Å²) in [5, 5.41) is 11.4. The summed E-state index contributed by atoms with van der Waals surface area (Å²) in [5.41, 5.74) is 1.66. The summed E-state index contributed by atoms with van der Waals surface area (Å²) in [6.07, 6.45) is 0. The van der Waals surface area contributed by atoms with E-state index in [0.29, 0.717) is 16.6 Å². The van der Waals surface area contributed by atoms with Crippen LogP contribution in [0.5, 0.6) is 11.5 Å². The van der Waals surface area contributed by atoms with Crippen molar-refractivity contribution >= 4 is 37.5 Å². The first kappa shape index (κ1) is 15.0. The summed E-state index contributed by atoms with van der Waals surface area (Å²) in [5.74, 6) is 1.30. The lowest BCUT2D eigenvalue weighted by molar-refractivity contribution is -0.385. The van der Waals surface area contributed by atoms with Gasteiger partial charge in [0.05, 0.1) is 4.92 Å². The Morgan fingerprint density at radius 1 is 1.25 bits per heavy atom. The third kappa shape index (κ3) is 3.37. The lowest BCUT2D eigenvalue weighted by Crippen LogP contribution is -1.94. The second-order valence-corrected chi connectivity index (χ2v) is 5.67. The van der Waals surface area contributed by atoms with Gasteiger partial charge >= 0.3 is 0 Å². The average Bonchev–Trinajstić information content (AvgIpc) is 2.40. The van der Waals surface area contributed by atoms with Gasteiger partial charge in [0.15, 0.2) is 0 Å². The number of nitro groups is 1. The predicted octanol–water partition coefficient (Wildman–Crippen LogP) is 5.35. The Morgan fingerprint density at radius 2 is 2.00 bits per heavy atom. The minimum absolute atomic E-state index is 0.0915. The molecular weight excluding hydrogens is 390 g/mol. The van der Waals surface area contributed by atoms with Gasteiger partial charge in [-0.05, 0) is 37.3 Å². The summed E-state index contributed by atoms with van der Waals surface area (Å²) in [4.78, 5) is 10.4. The highest BCUT2D eigenvalue weighted by Crippen LogP contribution is 2.31. The number of hydrogen-bond donors (Lipinski definition) is 0. The quantitative estimate of drug-likeness (QED) is 0.394. The first-order valence-corrected chi connectivity index (χ1v) is 7.70. The summed E-state index contributed by atoms with van der Waals surface area (Å²) in [7, 11) is 0. The van der Waals surface area contributed by atoms with Gasteiger partial charge in [0.25, 0.3) is 5.69 Å². The summed E-state index contributed by atoms with van der Waals surface area (Å²) < 4.78 is 6.77. The Morgan fingerprint density at radius 3 is 2.60 bits per heavy atom. The molecule has 2 rings (SSSR count). The normalized spacial score (nSPS) is 10.3. The van der Waals surface area contributed by atoms with Crippen molar-refractivity contribution < 1.29 is 9.66 Å². The van der Waals surface area contributed by atoms with Gasteiger partial charge in [0.2, 0.25) is 0 Å². The molecule has 0 N–H and O–H groups in total. The van der Waals surface area contributed by atoms with Crippen molar-refractivity contribution in [1.82, 2.24) is 0 Å². The highest BCUT2D eigenvalue weighted by molar-refractivity contribution is 9.10. The van der Waals surface area contributed by atoms with E-state index in [-0.39, 0.29) is 5.69 Å². The zero-order chi connectivity index (χ0) is 14.7. The van der Waals surface area contributed by atoms with Gasteiger partial charge < -0.3 is 4.74 Å². The van der Waals surface area contributed by atoms with Crippen molar-refractivity contribution in [2.24, 2.45) is 0 Å². The number of nitro benzene ring substituents is 1. The van der Waals surface area contributed by atoms with Gasteiger partial charge in [-0.3, -0.25) is 10.1 Å². The zero-order valence-electron chi connectivity index (χ0n) is 10.6. The van der Waals surface area contributed by atoms with E-state index in [1.54, 1.807) is 19.1 Å². The minimum Gasteiger partial charge on any atom is -0.457 e. The third-order valence-corrected chi connectivity index (χ3v) is 3.86. The van der Waals surface area contributed by atoms with Crippen LogP contribution >= 0.6 is 31.9 Å². The molecule has 0 heterocycles. The van der Waals surface area contributed by atoms with Crippen molar-refractivity contribution in [3.63, 3.8) is 0 Å². The maximum Gasteiger partial charge on any atom is 0.272 e. The molecule has 104 valence electrons. The van der Waals surface area contributed by atoms with E-state index in [0.717, 1.165) is 15.8 Å². The third-order valence-electron chi connectivity index (χ3n) is 2.76. The lowest BCUT2D eigenvalue weighted by atomic mass is 10.2. The monoisotopic (exact) mass is 399 g/mol. The fourth-order valence-corrected chi connectivity index (χ4v) is 2.62. The fourth-order valence-electron chi connectivity index (χ4n) is 1.78. The van der Waals surface area contributed by atoms with Gasteiger partial charge in [0.1, 0.15) is 11.5 Å². The number of aryl methyl sites for hydroxylation is 1.